The van der Waals surface area contributed by atoms with Gasteiger partial charge >= 0.3 is 12.1 Å². The highest BCUT2D eigenvalue weighted by Crippen LogP contribution is 2.10. The monoisotopic (exact) mass is 298 g/mol. The summed E-state index contributed by atoms with van der Waals surface area (Å²) in [6.45, 7) is 0.128. The van der Waals surface area contributed by atoms with E-state index in [1.807, 2.05) is 0 Å². The highest BCUT2D eigenvalue weighted by atomic mass is 16.6. The second-order valence-corrected chi connectivity index (χ2v) is 4.13. The first kappa shape index (κ1) is 14.9. The van der Waals surface area contributed by atoms with Crippen LogP contribution >= 0.6 is 0 Å². The van der Waals surface area contributed by atoms with Gasteiger partial charge in [-0.2, -0.15) is 0 Å². The maximum absolute atomic E-state index is 12.0. The number of cyclic esters (lactones) is 1. The van der Waals surface area contributed by atoms with Crippen LogP contribution in [0.4, 0.5) is 4.79 Å². The summed E-state index contributed by atoms with van der Waals surface area (Å²) in [6.07, 6.45) is -0.693. The average Bonchev–Trinajstić information content (AvgIpc) is 3.06. The number of hydrogen-bond donors (Lipinski definition) is 0. The Kier molecular flexibility index (Phi) is 4.48. The van der Waals surface area contributed by atoms with Crippen molar-refractivity contribution in [2.24, 2.45) is 0 Å². The first-order valence-corrected chi connectivity index (χ1v) is 6.05. The summed E-state index contributed by atoms with van der Waals surface area (Å²) in [7, 11) is 2.64. The largest absolute Gasteiger partial charge is 0.464 e. The van der Waals surface area contributed by atoms with Gasteiger partial charge in [-0.15, -0.1) is 5.10 Å². The smallest absolute Gasteiger partial charge is 0.416 e. The fourth-order valence-corrected chi connectivity index (χ4v) is 1.83. The van der Waals surface area contributed by atoms with Crippen molar-refractivity contribution in [2.45, 2.75) is 13.2 Å². The molecule has 1 aromatic rings. The summed E-state index contributed by atoms with van der Waals surface area (Å²) in [5.74, 6) is -1.18. The number of ether oxygens (including phenoxy) is 3. The molecule has 10 heteroatoms. The second kappa shape index (κ2) is 6.31. The molecule has 10 nitrogen and oxygen atoms in total. The van der Waals surface area contributed by atoms with Crippen molar-refractivity contribution >= 4 is 18.0 Å². The van der Waals surface area contributed by atoms with Crippen molar-refractivity contribution in [2.75, 3.05) is 27.4 Å². The zero-order valence-corrected chi connectivity index (χ0v) is 11.6. The van der Waals surface area contributed by atoms with Crippen molar-refractivity contribution in [3.05, 3.63) is 11.4 Å². The third-order valence-electron chi connectivity index (χ3n) is 2.84. The van der Waals surface area contributed by atoms with Crippen LogP contribution < -0.4 is 0 Å². The number of hydrogen-bond acceptors (Lipinski definition) is 8. The number of nitrogens with zero attached hydrogens (tertiary/aromatic N) is 4. The van der Waals surface area contributed by atoms with Gasteiger partial charge in [0.2, 0.25) is 0 Å². The summed E-state index contributed by atoms with van der Waals surface area (Å²) in [6, 6.07) is 0. The predicted molar refractivity (Wildman–Crippen MR) is 65.1 cm³/mol. The van der Waals surface area contributed by atoms with E-state index in [1.54, 1.807) is 0 Å². The van der Waals surface area contributed by atoms with Crippen LogP contribution in [0.2, 0.25) is 0 Å². The SMILES string of the molecule is COCc1c(C(=O)OC)nnn1CC(=O)N1CCOC1=O. The van der Waals surface area contributed by atoms with Crippen LogP contribution in [0, 0.1) is 0 Å². The molecular weight excluding hydrogens is 284 g/mol. The Morgan fingerprint density at radius 3 is 2.71 bits per heavy atom. The second-order valence-electron chi connectivity index (χ2n) is 4.13. The third kappa shape index (κ3) is 2.99. The van der Waals surface area contributed by atoms with E-state index in [1.165, 1.54) is 18.9 Å². The van der Waals surface area contributed by atoms with Crippen LogP contribution in [0.3, 0.4) is 0 Å². The van der Waals surface area contributed by atoms with E-state index in [-0.39, 0.29) is 32.0 Å². The van der Waals surface area contributed by atoms with Gasteiger partial charge in [-0.3, -0.25) is 4.79 Å². The van der Waals surface area contributed by atoms with E-state index in [9.17, 15) is 14.4 Å². The molecule has 0 spiro atoms. The van der Waals surface area contributed by atoms with Gasteiger partial charge in [-0.05, 0) is 0 Å². The van der Waals surface area contributed by atoms with E-state index in [2.05, 4.69) is 19.8 Å². The molecule has 114 valence electrons. The Bertz CT molecular complexity index is 569. The van der Waals surface area contributed by atoms with Crippen molar-refractivity contribution < 1.29 is 28.6 Å². The molecule has 1 aromatic heterocycles. The van der Waals surface area contributed by atoms with Crippen molar-refractivity contribution in [3.8, 4) is 0 Å². The number of rotatable bonds is 5. The third-order valence-corrected chi connectivity index (χ3v) is 2.84. The van der Waals surface area contributed by atoms with E-state index < -0.39 is 18.0 Å². The van der Waals surface area contributed by atoms with Gasteiger partial charge in [-0.25, -0.2) is 19.2 Å². The number of amides is 2. The fraction of sp³-hybridized carbons (Fsp3) is 0.545. The minimum absolute atomic E-state index is 0.0230. The quantitative estimate of drug-likeness (QED) is 0.649. The Balaban J connectivity index is 2.19. The summed E-state index contributed by atoms with van der Waals surface area (Å²) in [5.41, 5.74) is 0.265. The van der Waals surface area contributed by atoms with E-state index in [0.29, 0.717) is 5.69 Å². The zero-order valence-electron chi connectivity index (χ0n) is 11.6. The molecule has 0 bridgehead atoms. The molecule has 2 amide bonds. The van der Waals surface area contributed by atoms with Gasteiger partial charge in [0.05, 0.1) is 26.0 Å². The molecule has 0 N–H and O–H groups in total. The van der Waals surface area contributed by atoms with Gasteiger partial charge in [0.25, 0.3) is 5.91 Å². The zero-order chi connectivity index (χ0) is 15.4. The predicted octanol–water partition coefficient (Wildman–Crippen LogP) is -0.810. The Hall–Kier alpha value is -2.49. The number of carbonyl (C=O) groups excluding carboxylic acids is 3. The topological polar surface area (TPSA) is 113 Å². The van der Waals surface area contributed by atoms with Crippen molar-refractivity contribution in [3.63, 3.8) is 0 Å². The number of carbonyl (C=O) groups is 3. The van der Waals surface area contributed by atoms with Gasteiger partial charge in [0.15, 0.2) is 5.69 Å². The molecule has 0 unspecified atom stereocenters. The number of methoxy groups -OCH3 is 2. The van der Waals surface area contributed by atoms with Gasteiger partial charge in [0, 0.05) is 7.11 Å². The lowest BCUT2D eigenvalue weighted by Gasteiger charge is -2.11. The highest BCUT2D eigenvalue weighted by molar-refractivity contribution is 5.93. The summed E-state index contributed by atoms with van der Waals surface area (Å²) in [4.78, 5) is 35.8. The average molecular weight is 298 g/mol. The minimum atomic E-state index is -0.693. The Morgan fingerprint density at radius 1 is 1.38 bits per heavy atom. The molecule has 0 radical (unpaired) electrons. The van der Waals surface area contributed by atoms with E-state index in [0.717, 1.165) is 4.90 Å². The van der Waals surface area contributed by atoms with Crippen LogP contribution in [0.25, 0.3) is 0 Å². The molecule has 2 rings (SSSR count). The molecule has 0 saturated carbocycles. The maximum atomic E-state index is 12.0. The molecule has 0 aliphatic carbocycles. The molecule has 2 heterocycles. The lowest BCUT2D eigenvalue weighted by molar-refractivity contribution is -0.128. The van der Waals surface area contributed by atoms with Crippen LogP contribution in [0.5, 0.6) is 0 Å². The molecular formula is C11H14N4O6. The molecule has 1 aliphatic rings. The number of aromatic nitrogens is 3. The number of esters is 1. The molecule has 0 atom stereocenters. The number of imide groups is 1. The van der Waals surface area contributed by atoms with Crippen LogP contribution in [-0.2, 0) is 32.2 Å². The van der Waals surface area contributed by atoms with Crippen LogP contribution in [0.1, 0.15) is 16.2 Å². The van der Waals surface area contributed by atoms with Crippen molar-refractivity contribution in [1.29, 1.82) is 0 Å². The Labute approximate surface area is 119 Å². The van der Waals surface area contributed by atoms with E-state index >= 15 is 0 Å². The first-order chi connectivity index (χ1) is 10.1. The Morgan fingerprint density at radius 2 is 2.14 bits per heavy atom. The molecule has 1 aliphatic heterocycles. The highest BCUT2D eigenvalue weighted by Gasteiger charge is 2.30. The molecule has 0 aromatic carbocycles. The van der Waals surface area contributed by atoms with Gasteiger partial charge in [0.1, 0.15) is 13.2 Å². The normalized spacial score (nSPS) is 14.2. The molecule has 1 fully saturated rings. The van der Waals surface area contributed by atoms with Gasteiger partial charge < -0.3 is 14.2 Å². The molecule has 1 saturated heterocycles. The van der Waals surface area contributed by atoms with Crippen LogP contribution in [-0.4, -0.2) is 65.2 Å². The lowest BCUT2D eigenvalue weighted by Crippen LogP contribution is -2.35. The van der Waals surface area contributed by atoms with Crippen molar-refractivity contribution in [1.82, 2.24) is 19.9 Å². The molecule has 21 heavy (non-hydrogen) atoms. The van der Waals surface area contributed by atoms with Crippen LogP contribution in [0.15, 0.2) is 0 Å². The first-order valence-electron chi connectivity index (χ1n) is 6.05. The lowest BCUT2D eigenvalue weighted by atomic mass is 10.3. The van der Waals surface area contributed by atoms with E-state index in [4.69, 9.17) is 4.74 Å². The minimum Gasteiger partial charge on any atom is -0.464 e. The summed E-state index contributed by atoms with van der Waals surface area (Å²) in [5, 5.41) is 7.40. The standard InChI is InChI=1S/C11H14N4O6/c1-19-6-7-9(10(17)20-2)12-13-15(7)5-8(16)14-3-4-21-11(14)18/h3-6H2,1-2H3. The fourth-order valence-electron chi connectivity index (χ4n) is 1.83. The summed E-state index contributed by atoms with van der Waals surface area (Å²) >= 11 is 0. The maximum Gasteiger partial charge on any atom is 0.416 e. The summed E-state index contributed by atoms with van der Waals surface area (Å²) < 4.78 is 15.4. The van der Waals surface area contributed by atoms with Gasteiger partial charge in [-0.1, -0.05) is 5.21 Å².